The van der Waals surface area contributed by atoms with Crippen LogP contribution in [0.2, 0.25) is 0 Å². The van der Waals surface area contributed by atoms with E-state index in [1.54, 1.807) is 19.1 Å². The molecule has 2 unspecified atom stereocenters. The Morgan fingerprint density at radius 1 is 1.23 bits per heavy atom. The third-order valence-electron chi connectivity index (χ3n) is 6.45. The van der Waals surface area contributed by atoms with Crippen molar-refractivity contribution in [2.45, 2.75) is 31.0 Å². The van der Waals surface area contributed by atoms with Gasteiger partial charge < -0.3 is 31.3 Å². The number of aliphatic hydroxyl groups is 4. The Morgan fingerprint density at radius 2 is 1.87 bits per heavy atom. The number of hydrogen-bond acceptors (Lipinski definition) is 8. The van der Waals surface area contributed by atoms with Gasteiger partial charge >= 0.3 is 0 Å². The third-order valence-corrected chi connectivity index (χ3v) is 7.32. The minimum Gasteiger partial charge on any atom is -0.511 e. The molecule has 0 spiro atoms. The molecule has 9 nitrogen and oxygen atoms in total. The minimum absolute atomic E-state index is 0.0850. The largest absolute Gasteiger partial charge is 0.511 e. The number of fused-ring (bicyclic) bond motifs is 3. The first kappa shape index (κ1) is 20.8. The number of rotatable bonds is 1. The highest BCUT2D eigenvalue weighted by Gasteiger charge is 2.64. The summed E-state index contributed by atoms with van der Waals surface area (Å²) in [5.41, 5.74) is 1.40. The van der Waals surface area contributed by atoms with Gasteiger partial charge in [0.2, 0.25) is 5.78 Å². The van der Waals surface area contributed by atoms with Crippen molar-refractivity contribution in [3.63, 3.8) is 0 Å². The smallest absolute Gasteiger partial charge is 0.255 e. The van der Waals surface area contributed by atoms with E-state index in [9.17, 15) is 39.9 Å². The van der Waals surface area contributed by atoms with Crippen LogP contribution in [-0.2, 0) is 9.59 Å². The fraction of sp³-hybridized carbons (Fsp3) is 0.350. The number of allylic oxidation sites excluding steroid dienone is 1. The van der Waals surface area contributed by atoms with E-state index in [0.717, 1.165) is 0 Å². The van der Waals surface area contributed by atoms with Crippen molar-refractivity contribution in [2.75, 3.05) is 0 Å². The number of Topliss-reactive ketones (excluding diaryl/α,β-unsaturated/α-hetero) is 2. The lowest BCUT2D eigenvalue weighted by atomic mass is 9.56. The molecular formula is C20H18INO8. The average molecular weight is 527 g/mol. The van der Waals surface area contributed by atoms with Gasteiger partial charge in [-0.3, -0.25) is 14.4 Å². The molecule has 0 heterocycles. The number of halogens is 1. The number of aliphatic hydroxyl groups excluding tert-OH is 3. The Bertz CT molecular complexity index is 1110. The van der Waals surface area contributed by atoms with Gasteiger partial charge in [0.15, 0.2) is 11.4 Å². The van der Waals surface area contributed by atoms with Crippen molar-refractivity contribution >= 4 is 40.1 Å². The number of amides is 1. The van der Waals surface area contributed by atoms with E-state index in [1.807, 2.05) is 22.6 Å². The summed E-state index contributed by atoms with van der Waals surface area (Å²) in [7, 11) is 0. The molecule has 5 atom stereocenters. The van der Waals surface area contributed by atoms with Gasteiger partial charge in [-0.25, -0.2) is 0 Å². The standard InChI is InChI=1S/C20H18INO8/c1-5-6-2-3-8(21)15(25)11(6)16(26)13-10(5)14(24)7-4-9(23)12(19(22)29)17(27)20(7,30)18(13)28/h2-3,5,7,10,14,23-25,28,30H,4H2,1H3,(H2,22,29)/t5-,7?,10?,14+,20+/m0/s1. The predicted octanol–water partition coefficient (Wildman–Crippen LogP) is 0.717. The van der Waals surface area contributed by atoms with Gasteiger partial charge in [-0.2, -0.15) is 0 Å². The average Bonchev–Trinajstić information content (AvgIpc) is 2.67. The minimum atomic E-state index is -2.81. The van der Waals surface area contributed by atoms with E-state index in [2.05, 4.69) is 0 Å². The fourth-order valence-corrected chi connectivity index (χ4v) is 5.42. The number of hydrogen-bond donors (Lipinski definition) is 6. The molecule has 10 heteroatoms. The van der Waals surface area contributed by atoms with Crippen molar-refractivity contribution in [1.82, 2.24) is 0 Å². The van der Waals surface area contributed by atoms with Crippen LogP contribution in [-0.4, -0.2) is 54.7 Å². The van der Waals surface area contributed by atoms with Crippen molar-refractivity contribution < 1.29 is 39.9 Å². The number of phenols is 1. The quantitative estimate of drug-likeness (QED) is 0.229. The summed E-state index contributed by atoms with van der Waals surface area (Å²) in [5.74, 6) is -8.52. The molecule has 0 bridgehead atoms. The van der Waals surface area contributed by atoms with Crippen molar-refractivity contribution in [2.24, 2.45) is 17.6 Å². The third kappa shape index (κ3) is 2.38. The summed E-state index contributed by atoms with van der Waals surface area (Å²) < 4.78 is 0.385. The molecular weight excluding hydrogens is 509 g/mol. The van der Waals surface area contributed by atoms with Gasteiger partial charge in [-0.05, 0) is 40.1 Å². The predicted molar refractivity (Wildman–Crippen MR) is 110 cm³/mol. The second-order valence-corrected chi connectivity index (χ2v) is 9.01. The Balaban J connectivity index is 2.01. The van der Waals surface area contributed by atoms with Crippen LogP contribution in [0.4, 0.5) is 0 Å². The van der Waals surface area contributed by atoms with Crippen LogP contribution < -0.4 is 5.73 Å². The second kappa shape index (κ2) is 6.53. The molecule has 158 valence electrons. The lowest BCUT2D eigenvalue weighted by Gasteiger charge is -2.50. The number of benzene rings is 1. The second-order valence-electron chi connectivity index (χ2n) is 7.85. The van der Waals surface area contributed by atoms with Crippen LogP contribution in [0.15, 0.2) is 34.8 Å². The van der Waals surface area contributed by atoms with Crippen molar-refractivity contribution in [3.05, 3.63) is 49.5 Å². The molecule has 1 aromatic carbocycles. The molecule has 0 saturated carbocycles. The summed E-state index contributed by atoms with van der Waals surface area (Å²) in [6, 6.07) is 3.24. The summed E-state index contributed by atoms with van der Waals surface area (Å²) in [6.07, 6.45) is -2.02. The Hall–Kier alpha value is -2.44. The monoisotopic (exact) mass is 527 g/mol. The highest BCUT2D eigenvalue weighted by molar-refractivity contribution is 14.1. The molecule has 3 aliphatic rings. The normalized spacial score (nSPS) is 33.2. The topological polar surface area (TPSA) is 178 Å². The summed E-state index contributed by atoms with van der Waals surface area (Å²) in [5, 5.41) is 53.8. The first-order valence-corrected chi connectivity index (χ1v) is 10.2. The highest BCUT2D eigenvalue weighted by Crippen LogP contribution is 2.55. The van der Waals surface area contributed by atoms with Gasteiger partial charge in [0.25, 0.3) is 5.91 Å². The summed E-state index contributed by atoms with van der Waals surface area (Å²) in [4.78, 5) is 37.8. The van der Waals surface area contributed by atoms with Gasteiger partial charge in [0, 0.05) is 23.8 Å². The van der Waals surface area contributed by atoms with E-state index in [4.69, 9.17) is 5.73 Å². The number of nitrogens with two attached hydrogens (primary N) is 1. The van der Waals surface area contributed by atoms with Crippen LogP contribution >= 0.6 is 22.6 Å². The SMILES string of the molecule is C[C@H]1c2ccc(I)c(O)c2C(=O)C2=C(O)[C@]3(O)C(=O)C(C(N)=O)=C(O)CC3[C@@H](O)C21. The maximum atomic E-state index is 13.3. The van der Waals surface area contributed by atoms with Crippen LogP contribution in [0.1, 0.15) is 35.2 Å². The Kier molecular flexibility index (Phi) is 4.53. The Labute approximate surface area is 183 Å². The Morgan fingerprint density at radius 3 is 2.47 bits per heavy atom. The molecule has 7 N–H and O–H groups in total. The number of primary amides is 1. The van der Waals surface area contributed by atoms with E-state index >= 15 is 0 Å². The van der Waals surface area contributed by atoms with E-state index in [1.165, 1.54) is 0 Å². The molecule has 4 rings (SSSR count). The number of carbonyl (C=O) groups excluding carboxylic acids is 3. The van der Waals surface area contributed by atoms with Crippen LogP contribution in [0, 0.1) is 15.4 Å². The zero-order chi connectivity index (χ0) is 22.3. The summed E-state index contributed by atoms with van der Waals surface area (Å²) >= 11 is 1.83. The van der Waals surface area contributed by atoms with E-state index in [0.29, 0.717) is 9.13 Å². The van der Waals surface area contributed by atoms with Crippen LogP contribution in [0.3, 0.4) is 0 Å². The van der Waals surface area contributed by atoms with Crippen molar-refractivity contribution in [3.8, 4) is 5.75 Å². The summed E-state index contributed by atoms with van der Waals surface area (Å²) in [6.45, 7) is 1.68. The molecule has 1 amide bonds. The zero-order valence-corrected chi connectivity index (χ0v) is 17.7. The molecule has 0 fully saturated rings. The zero-order valence-electron chi connectivity index (χ0n) is 15.6. The molecule has 0 aromatic heterocycles. The van der Waals surface area contributed by atoms with Gasteiger partial charge in [0.1, 0.15) is 22.8 Å². The van der Waals surface area contributed by atoms with Gasteiger partial charge in [-0.15, -0.1) is 0 Å². The maximum Gasteiger partial charge on any atom is 0.255 e. The molecule has 3 aliphatic carbocycles. The molecule has 0 aliphatic heterocycles. The number of phenolic OH excluding ortho intramolecular Hbond substituents is 1. The lowest BCUT2D eigenvalue weighted by Crippen LogP contribution is -2.62. The molecule has 0 saturated heterocycles. The number of ketones is 2. The number of carbonyl (C=O) groups is 3. The van der Waals surface area contributed by atoms with Gasteiger partial charge in [0.05, 0.1) is 15.2 Å². The van der Waals surface area contributed by atoms with Crippen LogP contribution in [0.5, 0.6) is 5.75 Å². The fourth-order valence-electron chi connectivity index (χ4n) is 4.97. The van der Waals surface area contributed by atoms with Crippen molar-refractivity contribution in [1.29, 1.82) is 0 Å². The van der Waals surface area contributed by atoms with Gasteiger partial charge in [-0.1, -0.05) is 13.0 Å². The number of aromatic hydroxyl groups is 1. The van der Waals surface area contributed by atoms with E-state index < -0.39 is 76.0 Å². The lowest BCUT2D eigenvalue weighted by molar-refractivity contribution is -0.154. The van der Waals surface area contributed by atoms with E-state index in [-0.39, 0.29) is 11.3 Å². The molecule has 30 heavy (non-hydrogen) atoms. The first-order chi connectivity index (χ1) is 13.9. The molecule has 0 radical (unpaired) electrons. The molecule has 1 aromatic rings. The maximum absolute atomic E-state index is 13.3. The van der Waals surface area contributed by atoms with Crippen LogP contribution in [0.25, 0.3) is 0 Å². The first-order valence-electron chi connectivity index (χ1n) is 9.11. The highest BCUT2D eigenvalue weighted by atomic mass is 127.